The summed E-state index contributed by atoms with van der Waals surface area (Å²) in [7, 11) is 4.37. The Morgan fingerprint density at radius 2 is 1.96 bits per heavy atom. The van der Waals surface area contributed by atoms with Crippen LogP contribution in [-0.2, 0) is 0 Å². The molecular weight excluding hydrogens is 346 g/mol. The molecule has 4 aliphatic rings. The SMILES string of the molecule is CN1CCN(C2=C3CN(C)CC34CC(=CC#N)CC=C4N(Cl)C=C2)CC1. The molecule has 0 radical (unpaired) electrons. The first-order valence-corrected chi connectivity index (χ1v) is 9.64. The van der Waals surface area contributed by atoms with Crippen molar-refractivity contribution < 1.29 is 0 Å². The average molecular weight is 372 g/mol. The molecule has 1 atom stereocenters. The van der Waals surface area contributed by atoms with Crippen molar-refractivity contribution in [1.29, 1.82) is 5.26 Å². The molecule has 0 saturated carbocycles. The molecule has 3 heterocycles. The minimum Gasteiger partial charge on any atom is -0.369 e. The van der Waals surface area contributed by atoms with Gasteiger partial charge in [0.15, 0.2) is 0 Å². The van der Waals surface area contributed by atoms with Gasteiger partial charge in [-0.1, -0.05) is 11.6 Å². The van der Waals surface area contributed by atoms with Gasteiger partial charge in [0.2, 0.25) is 0 Å². The van der Waals surface area contributed by atoms with E-state index in [1.54, 1.807) is 10.5 Å². The lowest BCUT2D eigenvalue weighted by Gasteiger charge is -2.41. The minimum atomic E-state index is -0.125. The van der Waals surface area contributed by atoms with Gasteiger partial charge < -0.3 is 14.7 Å². The van der Waals surface area contributed by atoms with E-state index in [0.717, 1.165) is 52.1 Å². The Bertz CT molecular complexity index is 751. The number of likely N-dealkylation sites (tertiary alicyclic amines) is 1. The Morgan fingerprint density at radius 1 is 1.19 bits per heavy atom. The van der Waals surface area contributed by atoms with Crippen molar-refractivity contribution in [3.8, 4) is 6.07 Å². The van der Waals surface area contributed by atoms with Crippen molar-refractivity contribution in [3.63, 3.8) is 0 Å². The third-order valence-corrected chi connectivity index (χ3v) is 6.43. The number of allylic oxidation sites excluding steroid dienone is 4. The molecule has 26 heavy (non-hydrogen) atoms. The van der Waals surface area contributed by atoms with Crippen LogP contribution in [0.2, 0.25) is 0 Å². The molecule has 0 bridgehead atoms. The molecule has 0 aromatic heterocycles. The number of halogens is 1. The second-order valence-corrected chi connectivity index (χ2v) is 8.30. The van der Waals surface area contributed by atoms with Gasteiger partial charge in [0.25, 0.3) is 0 Å². The van der Waals surface area contributed by atoms with Crippen LogP contribution in [-0.4, -0.2) is 72.5 Å². The second-order valence-electron chi connectivity index (χ2n) is 7.94. The van der Waals surface area contributed by atoms with Gasteiger partial charge in [-0.3, -0.25) is 4.42 Å². The van der Waals surface area contributed by atoms with Gasteiger partial charge in [0.05, 0.1) is 11.5 Å². The van der Waals surface area contributed by atoms with Crippen LogP contribution in [0, 0.1) is 16.7 Å². The fraction of sp³-hybridized carbons (Fsp3) is 0.550. The summed E-state index contributed by atoms with van der Waals surface area (Å²) >= 11 is 6.68. The number of hydrogen-bond acceptors (Lipinski definition) is 5. The lowest BCUT2D eigenvalue weighted by atomic mass is 9.70. The number of piperazine rings is 1. The molecule has 3 aliphatic heterocycles. The molecule has 2 saturated heterocycles. The van der Waals surface area contributed by atoms with E-state index < -0.39 is 0 Å². The molecule has 1 spiro atoms. The molecule has 5 nitrogen and oxygen atoms in total. The topological polar surface area (TPSA) is 36.8 Å². The second kappa shape index (κ2) is 6.77. The normalized spacial score (nSPS) is 31.6. The number of nitriles is 1. The van der Waals surface area contributed by atoms with E-state index >= 15 is 0 Å². The summed E-state index contributed by atoms with van der Waals surface area (Å²) in [6.07, 6.45) is 9.84. The molecule has 0 amide bonds. The average Bonchev–Trinajstić information content (AvgIpc) is 2.87. The Labute approximate surface area is 161 Å². The number of rotatable bonds is 1. The summed E-state index contributed by atoms with van der Waals surface area (Å²) in [6.45, 7) is 6.15. The summed E-state index contributed by atoms with van der Waals surface area (Å²) in [5.74, 6) is 0. The Hall–Kier alpha value is -1.74. The van der Waals surface area contributed by atoms with Crippen molar-refractivity contribution in [3.05, 3.63) is 47.0 Å². The minimum absolute atomic E-state index is 0.125. The van der Waals surface area contributed by atoms with Crippen LogP contribution in [0.5, 0.6) is 0 Å². The van der Waals surface area contributed by atoms with Crippen LogP contribution >= 0.6 is 11.8 Å². The van der Waals surface area contributed by atoms with Crippen LogP contribution in [0.4, 0.5) is 0 Å². The summed E-state index contributed by atoms with van der Waals surface area (Å²) in [4.78, 5) is 7.29. The van der Waals surface area contributed by atoms with Gasteiger partial charge in [-0.15, -0.1) is 0 Å². The van der Waals surface area contributed by atoms with Gasteiger partial charge >= 0.3 is 0 Å². The fourth-order valence-corrected chi connectivity index (χ4v) is 5.17. The molecule has 6 heteroatoms. The lowest BCUT2D eigenvalue weighted by Crippen LogP contribution is -2.44. The van der Waals surface area contributed by atoms with Crippen LogP contribution in [0.3, 0.4) is 0 Å². The lowest BCUT2D eigenvalue weighted by molar-refractivity contribution is 0.187. The summed E-state index contributed by atoms with van der Waals surface area (Å²) in [5, 5.41) is 9.16. The standard InChI is InChI=1S/C20H26ClN5/c1-23-9-11-25(12-10-23)18-6-8-26(21)19-4-3-16(5-7-22)13-20(19)15-24(2)14-17(18)20/h4-6,8H,3,9-15H2,1-2H3. The molecular formula is C20H26ClN5. The maximum Gasteiger partial charge on any atom is 0.0911 e. The molecule has 0 N–H and O–H groups in total. The van der Waals surface area contributed by atoms with E-state index in [4.69, 9.17) is 17.0 Å². The Morgan fingerprint density at radius 3 is 2.69 bits per heavy atom. The monoisotopic (exact) mass is 371 g/mol. The maximum atomic E-state index is 9.16. The van der Waals surface area contributed by atoms with Crippen LogP contribution in [0.1, 0.15) is 12.8 Å². The zero-order valence-electron chi connectivity index (χ0n) is 15.6. The molecule has 1 unspecified atom stereocenters. The first-order chi connectivity index (χ1) is 12.5. The fourth-order valence-electron chi connectivity index (χ4n) is 4.88. The Balaban J connectivity index is 1.82. The molecule has 138 valence electrons. The third-order valence-electron chi connectivity index (χ3n) is 6.14. The highest BCUT2D eigenvalue weighted by molar-refractivity contribution is 6.15. The molecule has 0 aromatic rings. The van der Waals surface area contributed by atoms with Crippen LogP contribution in [0.25, 0.3) is 0 Å². The highest BCUT2D eigenvalue weighted by Gasteiger charge is 2.50. The van der Waals surface area contributed by atoms with Crippen LogP contribution in [0.15, 0.2) is 47.0 Å². The van der Waals surface area contributed by atoms with E-state index in [9.17, 15) is 0 Å². The van der Waals surface area contributed by atoms with E-state index in [2.05, 4.69) is 47.0 Å². The van der Waals surface area contributed by atoms with E-state index in [1.165, 1.54) is 22.5 Å². The predicted octanol–water partition coefficient (Wildman–Crippen LogP) is 2.53. The van der Waals surface area contributed by atoms with Gasteiger partial charge in [-0.05, 0) is 38.6 Å². The highest BCUT2D eigenvalue weighted by atomic mass is 35.5. The van der Waals surface area contributed by atoms with Gasteiger partial charge in [-0.2, -0.15) is 5.26 Å². The summed E-state index contributed by atoms with van der Waals surface area (Å²) < 4.78 is 1.78. The number of likely N-dealkylation sites (N-methyl/N-ethyl adjacent to an activating group) is 2. The zero-order chi connectivity index (χ0) is 18.3. The van der Waals surface area contributed by atoms with Gasteiger partial charge in [0, 0.05) is 74.7 Å². The summed E-state index contributed by atoms with van der Waals surface area (Å²) in [5.41, 5.74) is 5.04. The quantitative estimate of drug-likeness (QED) is 0.523. The Kier molecular flexibility index (Phi) is 4.60. The van der Waals surface area contributed by atoms with E-state index in [-0.39, 0.29) is 5.41 Å². The summed E-state index contributed by atoms with van der Waals surface area (Å²) in [6, 6.07) is 2.23. The molecule has 1 aliphatic carbocycles. The van der Waals surface area contributed by atoms with Crippen molar-refractivity contribution in [2.75, 3.05) is 53.4 Å². The zero-order valence-corrected chi connectivity index (χ0v) is 16.3. The molecule has 4 rings (SSSR count). The predicted molar refractivity (Wildman–Crippen MR) is 104 cm³/mol. The first-order valence-electron chi connectivity index (χ1n) is 9.30. The third kappa shape index (κ3) is 2.87. The van der Waals surface area contributed by atoms with E-state index in [0.29, 0.717) is 0 Å². The van der Waals surface area contributed by atoms with E-state index in [1.807, 2.05) is 6.20 Å². The molecule has 0 aromatic carbocycles. The van der Waals surface area contributed by atoms with Crippen molar-refractivity contribution in [1.82, 2.24) is 19.1 Å². The van der Waals surface area contributed by atoms with Crippen molar-refractivity contribution >= 4 is 11.8 Å². The highest BCUT2D eigenvalue weighted by Crippen LogP contribution is 2.53. The largest absolute Gasteiger partial charge is 0.369 e. The molecule has 2 fully saturated rings. The number of hydrogen-bond donors (Lipinski definition) is 0. The van der Waals surface area contributed by atoms with Crippen molar-refractivity contribution in [2.24, 2.45) is 5.41 Å². The smallest absolute Gasteiger partial charge is 0.0911 e. The van der Waals surface area contributed by atoms with Gasteiger partial charge in [-0.25, -0.2) is 0 Å². The van der Waals surface area contributed by atoms with Crippen molar-refractivity contribution in [2.45, 2.75) is 12.8 Å². The first kappa shape index (κ1) is 17.7. The number of nitrogens with zero attached hydrogens (tertiary/aromatic N) is 5. The van der Waals surface area contributed by atoms with Crippen LogP contribution < -0.4 is 0 Å². The maximum absolute atomic E-state index is 9.16. The van der Waals surface area contributed by atoms with Gasteiger partial charge in [0.1, 0.15) is 0 Å².